The largest absolute Gasteiger partial charge is 0.294 e. The lowest BCUT2D eigenvalue weighted by atomic mass is 10.0. The second-order valence-corrected chi connectivity index (χ2v) is 6.59. The van der Waals surface area contributed by atoms with Crippen LogP contribution in [-0.2, 0) is 25.9 Å². The number of benzene rings is 1. The first kappa shape index (κ1) is 15.4. The van der Waals surface area contributed by atoms with Crippen LogP contribution in [0.1, 0.15) is 29.4 Å². The molecule has 0 amide bonds. The van der Waals surface area contributed by atoms with Crippen LogP contribution in [0, 0.1) is 0 Å². The quantitative estimate of drug-likeness (QED) is 0.791. The van der Waals surface area contributed by atoms with Crippen LogP contribution in [0.15, 0.2) is 36.7 Å². The van der Waals surface area contributed by atoms with Gasteiger partial charge in [-0.1, -0.05) is 30.7 Å². The average Bonchev–Trinajstić information content (AvgIpc) is 3.21. The van der Waals surface area contributed by atoms with E-state index < -0.39 is 0 Å². The fraction of sp³-hybridized carbons (Fsp3) is 0.333. The van der Waals surface area contributed by atoms with Crippen molar-refractivity contribution in [1.29, 1.82) is 0 Å². The third-order valence-corrected chi connectivity index (χ3v) is 4.89. The minimum Gasteiger partial charge on any atom is -0.294 e. The van der Waals surface area contributed by atoms with E-state index in [9.17, 15) is 0 Å². The highest BCUT2D eigenvalue weighted by atomic mass is 35.5. The van der Waals surface area contributed by atoms with Crippen LogP contribution < -0.4 is 0 Å². The van der Waals surface area contributed by atoms with E-state index in [4.69, 9.17) is 11.6 Å². The summed E-state index contributed by atoms with van der Waals surface area (Å²) in [4.78, 5) is 2.45. The monoisotopic (exact) mass is 341 g/mol. The van der Waals surface area contributed by atoms with Crippen molar-refractivity contribution in [1.82, 2.24) is 24.9 Å². The number of nitrogens with zero attached hydrogens (tertiary/aromatic N) is 4. The number of aromatic nitrogens is 4. The molecule has 0 saturated heterocycles. The molecule has 1 aliphatic rings. The fourth-order valence-electron chi connectivity index (χ4n) is 3.31. The van der Waals surface area contributed by atoms with Gasteiger partial charge in [-0.3, -0.25) is 10.00 Å². The molecular weight excluding hydrogens is 322 g/mol. The summed E-state index contributed by atoms with van der Waals surface area (Å²) in [7, 11) is 0. The van der Waals surface area contributed by atoms with Gasteiger partial charge in [0.2, 0.25) is 0 Å². The molecule has 3 aromatic rings. The van der Waals surface area contributed by atoms with Crippen LogP contribution in [0.3, 0.4) is 0 Å². The Morgan fingerprint density at radius 2 is 2.17 bits per heavy atom. The zero-order valence-corrected chi connectivity index (χ0v) is 14.4. The molecule has 0 bridgehead atoms. The minimum atomic E-state index is 0.709. The molecule has 0 unspecified atom stereocenters. The fourth-order valence-corrected chi connectivity index (χ4v) is 3.53. The Balaban J connectivity index is 1.50. The smallest absolute Gasteiger partial charge is 0.0831 e. The number of aryl methyl sites for hydroxylation is 1. The van der Waals surface area contributed by atoms with Crippen molar-refractivity contribution < 1.29 is 0 Å². The number of halogens is 1. The molecule has 24 heavy (non-hydrogen) atoms. The zero-order valence-electron chi connectivity index (χ0n) is 13.7. The second-order valence-electron chi connectivity index (χ2n) is 6.19. The number of aromatic amines is 1. The molecule has 124 valence electrons. The van der Waals surface area contributed by atoms with Gasteiger partial charge in [-0.25, -0.2) is 4.68 Å². The summed E-state index contributed by atoms with van der Waals surface area (Å²) in [6, 6.07) is 7.76. The number of fused-ring (bicyclic) bond motifs is 1. The third-order valence-electron chi connectivity index (χ3n) is 4.57. The Kier molecular flexibility index (Phi) is 4.12. The first-order valence-corrected chi connectivity index (χ1v) is 8.68. The Hall–Kier alpha value is -2.11. The number of hydrogen-bond acceptors (Lipinski definition) is 3. The molecule has 1 aromatic carbocycles. The summed E-state index contributed by atoms with van der Waals surface area (Å²) in [6.07, 6.45) is 5.99. The maximum atomic E-state index is 6.26. The van der Waals surface area contributed by atoms with Crippen LogP contribution in [0.25, 0.3) is 5.69 Å². The van der Waals surface area contributed by atoms with Gasteiger partial charge in [0.1, 0.15) is 0 Å². The van der Waals surface area contributed by atoms with Gasteiger partial charge in [0.05, 0.1) is 22.6 Å². The van der Waals surface area contributed by atoms with Crippen LogP contribution >= 0.6 is 11.6 Å². The number of para-hydroxylation sites is 1. The van der Waals surface area contributed by atoms with Crippen LogP contribution in [0.5, 0.6) is 0 Å². The summed E-state index contributed by atoms with van der Waals surface area (Å²) in [6.45, 7) is 5.03. The van der Waals surface area contributed by atoms with E-state index >= 15 is 0 Å². The molecule has 0 spiro atoms. The van der Waals surface area contributed by atoms with Crippen LogP contribution in [0.2, 0.25) is 5.02 Å². The minimum absolute atomic E-state index is 0.709. The molecule has 4 rings (SSSR count). The highest BCUT2D eigenvalue weighted by Crippen LogP contribution is 2.23. The van der Waals surface area contributed by atoms with Crippen molar-refractivity contribution in [3.63, 3.8) is 0 Å². The van der Waals surface area contributed by atoms with Gasteiger partial charge in [0.15, 0.2) is 0 Å². The summed E-state index contributed by atoms with van der Waals surface area (Å²) < 4.78 is 1.85. The molecule has 0 atom stereocenters. The van der Waals surface area contributed by atoms with E-state index in [0.717, 1.165) is 38.2 Å². The van der Waals surface area contributed by atoms with Crippen LogP contribution in [0.4, 0.5) is 0 Å². The molecule has 0 saturated carbocycles. The van der Waals surface area contributed by atoms with Crippen molar-refractivity contribution in [2.24, 2.45) is 0 Å². The number of hydrogen-bond donors (Lipinski definition) is 1. The molecule has 2 aromatic heterocycles. The molecule has 3 heterocycles. The van der Waals surface area contributed by atoms with Crippen molar-refractivity contribution in [3.05, 3.63) is 64.2 Å². The standard InChI is InChI=1S/C18H20ClN5/c1-2-16-14-12-23(8-7-17(14)22-21-16)10-13-9-20-24(11-13)18-6-4-3-5-15(18)19/h3-6,9,11H,2,7-8,10,12H2,1H3,(H,21,22). The molecule has 1 aliphatic heterocycles. The van der Waals surface area contributed by atoms with Gasteiger partial charge in [-0.15, -0.1) is 0 Å². The second kappa shape index (κ2) is 6.42. The van der Waals surface area contributed by atoms with Gasteiger partial charge in [0, 0.05) is 49.1 Å². The summed E-state index contributed by atoms with van der Waals surface area (Å²) >= 11 is 6.26. The molecule has 0 radical (unpaired) electrons. The highest BCUT2D eigenvalue weighted by molar-refractivity contribution is 6.32. The van der Waals surface area contributed by atoms with Crippen molar-refractivity contribution in [2.75, 3.05) is 6.54 Å². The van der Waals surface area contributed by atoms with E-state index in [1.807, 2.05) is 35.1 Å². The molecule has 6 heteroatoms. The Morgan fingerprint density at radius 3 is 3.00 bits per heavy atom. The van der Waals surface area contributed by atoms with E-state index in [-0.39, 0.29) is 0 Å². The van der Waals surface area contributed by atoms with Crippen molar-refractivity contribution in [3.8, 4) is 5.69 Å². The third kappa shape index (κ3) is 2.85. The topological polar surface area (TPSA) is 49.7 Å². The zero-order chi connectivity index (χ0) is 16.5. The van der Waals surface area contributed by atoms with E-state index in [1.54, 1.807) is 0 Å². The normalized spacial score (nSPS) is 14.8. The lowest BCUT2D eigenvalue weighted by Gasteiger charge is -2.26. The van der Waals surface area contributed by atoms with E-state index in [2.05, 4.69) is 33.3 Å². The summed E-state index contributed by atoms with van der Waals surface area (Å²) in [5.74, 6) is 0. The number of H-pyrrole nitrogens is 1. The molecule has 5 nitrogen and oxygen atoms in total. The lowest BCUT2D eigenvalue weighted by Crippen LogP contribution is -2.30. The first-order valence-electron chi connectivity index (χ1n) is 8.30. The Labute approximate surface area is 146 Å². The predicted octanol–water partition coefficient (Wildman–Crippen LogP) is 3.37. The van der Waals surface area contributed by atoms with Gasteiger partial charge >= 0.3 is 0 Å². The first-order chi connectivity index (χ1) is 11.7. The molecule has 1 N–H and O–H groups in total. The Morgan fingerprint density at radius 1 is 1.29 bits per heavy atom. The number of rotatable bonds is 4. The maximum absolute atomic E-state index is 6.26. The van der Waals surface area contributed by atoms with E-state index in [1.165, 1.54) is 22.5 Å². The Bertz CT molecular complexity index is 837. The van der Waals surface area contributed by atoms with E-state index in [0.29, 0.717) is 5.02 Å². The number of nitrogens with one attached hydrogen (secondary N) is 1. The molecular formula is C18H20ClN5. The van der Waals surface area contributed by atoms with Crippen molar-refractivity contribution >= 4 is 11.6 Å². The predicted molar refractivity (Wildman–Crippen MR) is 94.4 cm³/mol. The summed E-state index contributed by atoms with van der Waals surface area (Å²) in [5, 5.41) is 12.8. The van der Waals surface area contributed by atoms with Gasteiger partial charge in [-0.05, 0) is 18.6 Å². The van der Waals surface area contributed by atoms with Gasteiger partial charge in [-0.2, -0.15) is 10.2 Å². The van der Waals surface area contributed by atoms with Crippen molar-refractivity contribution in [2.45, 2.75) is 32.9 Å². The molecule has 0 fully saturated rings. The summed E-state index contributed by atoms with van der Waals surface area (Å²) in [5.41, 5.74) is 5.98. The maximum Gasteiger partial charge on any atom is 0.0831 e. The van der Waals surface area contributed by atoms with Crippen LogP contribution in [-0.4, -0.2) is 31.4 Å². The SMILES string of the molecule is CCc1n[nH]c2c1CN(Cc1cnn(-c3ccccc3Cl)c1)CC2. The average molecular weight is 342 g/mol. The highest BCUT2D eigenvalue weighted by Gasteiger charge is 2.21. The lowest BCUT2D eigenvalue weighted by molar-refractivity contribution is 0.244. The molecule has 0 aliphatic carbocycles. The van der Waals surface area contributed by atoms with Gasteiger partial charge < -0.3 is 0 Å². The van der Waals surface area contributed by atoms with Gasteiger partial charge in [0.25, 0.3) is 0 Å².